The van der Waals surface area contributed by atoms with Crippen LogP contribution < -0.4 is 15.4 Å². The molecule has 0 bridgehead atoms. The number of halogens is 1. The maximum atomic E-state index is 5.88. The Bertz CT molecular complexity index is 1110. The summed E-state index contributed by atoms with van der Waals surface area (Å²) >= 11 is 7.35. The quantitative estimate of drug-likeness (QED) is 0.210. The summed E-state index contributed by atoms with van der Waals surface area (Å²) in [6.45, 7) is 15.1. The molecule has 0 aliphatic rings. The van der Waals surface area contributed by atoms with E-state index in [2.05, 4.69) is 62.6 Å². The molecule has 0 aliphatic heterocycles. The fourth-order valence-electron chi connectivity index (χ4n) is 2.74. The highest BCUT2D eigenvalue weighted by Gasteiger charge is 2.10. The number of allylic oxidation sites excluding steroid dienone is 3. The van der Waals surface area contributed by atoms with Crippen molar-refractivity contribution in [1.29, 1.82) is 0 Å². The van der Waals surface area contributed by atoms with Crippen LogP contribution in [0.5, 0.6) is 6.01 Å². The molecule has 36 heavy (non-hydrogen) atoms. The molecule has 0 aliphatic carbocycles. The van der Waals surface area contributed by atoms with Crippen LogP contribution in [0.2, 0.25) is 0 Å². The van der Waals surface area contributed by atoms with Crippen molar-refractivity contribution in [3.63, 3.8) is 0 Å². The Balaban J connectivity index is 0.00000222. The van der Waals surface area contributed by atoms with Crippen LogP contribution in [0, 0.1) is 6.92 Å². The van der Waals surface area contributed by atoms with Gasteiger partial charge >= 0.3 is 6.01 Å². The monoisotopic (exact) mass is 527 g/mol. The van der Waals surface area contributed by atoms with Crippen molar-refractivity contribution >= 4 is 33.9 Å². The van der Waals surface area contributed by atoms with Gasteiger partial charge in [-0.25, -0.2) is 15.0 Å². The van der Waals surface area contributed by atoms with Crippen molar-refractivity contribution in [1.82, 2.24) is 30.2 Å². The van der Waals surface area contributed by atoms with E-state index in [0.717, 1.165) is 28.4 Å². The molecule has 3 heterocycles. The average molecular weight is 528 g/mol. The first-order valence-corrected chi connectivity index (χ1v) is 12.9. The van der Waals surface area contributed by atoms with E-state index in [-0.39, 0.29) is 5.38 Å². The van der Waals surface area contributed by atoms with E-state index in [4.69, 9.17) is 16.3 Å². The second-order valence-electron chi connectivity index (χ2n) is 7.88. The molecule has 0 saturated heterocycles. The molecule has 10 heteroatoms. The van der Waals surface area contributed by atoms with Crippen LogP contribution in [0.3, 0.4) is 0 Å². The molecule has 192 valence electrons. The molecule has 0 radical (unpaired) electrons. The molecule has 0 saturated carbocycles. The smallest absolute Gasteiger partial charge is 0.317 e. The third-order valence-electron chi connectivity index (χ3n) is 4.37. The second-order valence-corrected chi connectivity index (χ2v) is 9.60. The van der Waals surface area contributed by atoms with Crippen LogP contribution in [0.1, 0.15) is 38.6 Å². The zero-order valence-electron chi connectivity index (χ0n) is 21.2. The Hall–Kier alpha value is -3.14. The molecule has 3 aromatic heterocycles. The topological polar surface area (TPSA) is 97.7 Å². The highest BCUT2D eigenvalue weighted by Crippen LogP contribution is 2.30. The van der Waals surface area contributed by atoms with E-state index in [1.807, 2.05) is 44.2 Å². The number of rotatable bonds is 12. The molecular formula is C26H34ClN7OS. The lowest BCUT2D eigenvalue weighted by Gasteiger charge is -2.07. The SMILES string of the molecule is C=C.Cc1cc(-c2cnc(Nc3cnc(CNC(C)C)cn3)s2)nc(OC/C=C\C/C=C\C(C)Cl)n1. The molecule has 0 aromatic carbocycles. The van der Waals surface area contributed by atoms with E-state index in [1.54, 1.807) is 18.6 Å². The average Bonchev–Trinajstić information content (AvgIpc) is 3.32. The summed E-state index contributed by atoms with van der Waals surface area (Å²) in [5, 5.41) is 7.26. The predicted octanol–water partition coefficient (Wildman–Crippen LogP) is 6.25. The van der Waals surface area contributed by atoms with Gasteiger partial charge in [-0.05, 0) is 26.3 Å². The lowest BCUT2D eigenvalue weighted by Crippen LogP contribution is -2.22. The summed E-state index contributed by atoms with van der Waals surface area (Å²) in [4.78, 5) is 23.1. The summed E-state index contributed by atoms with van der Waals surface area (Å²) in [7, 11) is 0. The first kappa shape index (κ1) is 29.1. The summed E-state index contributed by atoms with van der Waals surface area (Å²) in [5.74, 6) is 0.638. The summed E-state index contributed by atoms with van der Waals surface area (Å²) < 4.78 is 5.71. The maximum Gasteiger partial charge on any atom is 0.317 e. The van der Waals surface area contributed by atoms with Crippen LogP contribution in [-0.4, -0.2) is 42.9 Å². The van der Waals surface area contributed by atoms with Crippen molar-refractivity contribution in [2.45, 2.75) is 52.1 Å². The van der Waals surface area contributed by atoms with Crippen molar-refractivity contribution in [2.24, 2.45) is 0 Å². The van der Waals surface area contributed by atoms with E-state index in [0.29, 0.717) is 36.2 Å². The third-order valence-corrected chi connectivity index (χ3v) is 5.45. The Morgan fingerprint density at radius 2 is 1.86 bits per heavy atom. The van der Waals surface area contributed by atoms with Crippen LogP contribution in [-0.2, 0) is 6.54 Å². The number of thiazole rings is 1. The molecule has 1 unspecified atom stereocenters. The molecular weight excluding hydrogens is 494 g/mol. The first-order valence-electron chi connectivity index (χ1n) is 11.6. The molecule has 3 aromatic rings. The number of nitrogens with one attached hydrogen (secondary N) is 2. The third kappa shape index (κ3) is 10.6. The van der Waals surface area contributed by atoms with Crippen LogP contribution in [0.4, 0.5) is 10.9 Å². The Kier molecular flexibility index (Phi) is 12.7. The summed E-state index contributed by atoms with van der Waals surface area (Å²) in [6, 6.07) is 2.65. The van der Waals surface area contributed by atoms with Crippen LogP contribution >= 0.6 is 22.9 Å². The second kappa shape index (κ2) is 15.8. The highest BCUT2D eigenvalue weighted by atomic mass is 35.5. The fraction of sp³-hybridized carbons (Fsp3) is 0.346. The standard InChI is InChI=1S/C24H30ClN7OS.C2H4/c1-16(2)26-12-19-13-28-22(15-27-19)32-24-29-14-21(34-24)20-11-18(4)30-23(31-20)33-10-8-6-5-7-9-17(3)25;1-2/h6-9,11,13-17,26H,5,10,12H2,1-4H3,(H,28,29,32);1-2H2/b8-6-,9-7-;. The van der Waals surface area contributed by atoms with Gasteiger partial charge in [-0.2, -0.15) is 4.98 Å². The number of aromatic nitrogens is 5. The van der Waals surface area contributed by atoms with E-state index in [1.165, 1.54) is 11.3 Å². The largest absolute Gasteiger partial charge is 0.459 e. The number of hydrogen-bond acceptors (Lipinski definition) is 9. The van der Waals surface area contributed by atoms with E-state index >= 15 is 0 Å². The molecule has 8 nitrogen and oxygen atoms in total. The molecule has 0 amide bonds. The number of hydrogen-bond donors (Lipinski definition) is 2. The number of alkyl halides is 1. The minimum atomic E-state index is 0.0387. The first-order chi connectivity index (χ1) is 17.4. The lowest BCUT2D eigenvalue weighted by molar-refractivity contribution is 0.332. The lowest BCUT2D eigenvalue weighted by atomic mass is 10.3. The number of nitrogens with zero attached hydrogens (tertiary/aromatic N) is 5. The predicted molar refractivity (Wildman–Crippen MR) is 150 cm³/mol. The zero-order valence-corrected chi connectivity index (χ0v) is 22.8. The van der Waals surface area contributed by atoms with Gasteiger partial charge in [0, 0.05) is 29.9 Å². The zero-order chi connectivity index (χ0) is 26.3. The van der Waals surface area contributed by atoms with Gasteiger partial charge in [0.05, 0.1) is 28.7 Å². The highest BCUT2D eigenvalue weighted by molar-refractivity contribution is 7.18. The van der Waals surface area contributed by atoms with Gasteiger partial charge < -0.3 is 15.4 Å². The normalized spacial score (nSPS) is 12.1. The van der Waals surface area contributed by atoms with Crippen LogP contribution in [0.15, 0.2) is 62.1 Å². The number of ether oxygens (including phenoxy) is 1. The number of anilines is 2. The Morgan fingerprint density at radius 3 is 2.56 bits per heavy atom. The van der Waals surface area contributed by atoms with Crippen molar-refractivity contribution in [3.8, 4) is 16.6 Å². The minimum Gasteiger partial charge on any atom is -0.459 e. The van der Waals surface area contributed by atoms with E-state index < -0.39 is 0 Å². The summed E-state index contributed by atoms with van der Waals surface area (Å²) in [5.41, 5.74) is 2.47. The molecule has 1 atom stereocenters. The molecule has 0 fully saturated rings. The van der Waals surface area contributed by atoms with Gasteiger partial charge in [0.15, 0.2) is 10.9 Å². The van der Waals surface area contributed by atoms with Crippen LogP contribution in [0.25, 0.3) is 10.6 Å². The van der Waals surface area contributed by atoms with Crippen molar-refractivity contribution in [2.75, 3.05) is 11.9 Å². The van der Waals surface area contributed by atoms with Gasteiger partial charge in [0.25, 0.3) is 0 Å². The van der Waals surface area contributed by atoms with Gasteiger partial charge in [0.2, 0.25) is 0 Å². The van der Waals surface area contributed by atoms with Gasteiger partial charge in [-0.1, -0.05) is 49.5 Å². The number of aryl methyl sites for hydroxylation is 1. The van der Waals surface area contributed by atoms with Gasteiger partial charge in [-0.3, -0.25) is 4.98 Å². The summed E-state index contributed by atoms with van der Waals surface area (Å²) in [6.07, 6.45) is 14.0. The van der Waals surface area contributed by atoms with Crippen molar-refractivity contribution < 1.29 is 4.74 Å². The van der Waals surface area contributed by atoms with Gasteiger partial charge in [-0.15, -0.1) is 24.8 Å². The Labute approximate surface area is 222 Å². The van der Waals surface area contributed by atoms with Gasteiger partial charge in [0.1, 0.15) is 6.61 Å². The Morgan fingerprint density at radius 1 is 1.06 bits per heavy atom. The minimum absolute atomic E-state index is 0.0387. The van der Waals surface area contributed by atoms with Crippen molar-refractivity contribution in [3.05, 3.63) is 73.5 Å². The molecule has 3 rings (SSSR count). The van der Waals surface area contributed by atoms with E-state index in [9.17, 15) is 0 Å². The maximum absolute atomic E-state index is 5.88. The fourth-order valence-corrected chi connectivity index (χ4v) is 3.63. The molecule has 2 N–H and O–H groups in total. The molecule has 0 spiro atoms.